The number of piperidine rings is 1. The third-order valence-corrected chi connectivity index (χ3v) is 7.21. The summed E-state index contributed by atoms with van der Waals surface area (Å²) in [4.78, 5) is 21.2. The standard InChI is InChI=1S/C32H40N2O4.NO3/c1-3-33(4-2)27-16-19-29-26(23-31(38-30(29)24-27)34-20-8-6-9-21-34)15-12-25-13-17-28(18-14-25)37-22-10-5-7-11-32(35)36;2-1(3)4/h12-19,23-24H,3-11,20-22H2,1-2H3;/q;-1/p+1/b15-12+;. The van der Waals surface area contributed by atoms with E-state index in [9.17, 15) is 4.79 Å². The number of rotatable bonds is 12. The topological polar surface area (TPSA) is 132 Å². The van der Waals surface area contributed by atoms with Crippen LogP contribution in [0.2, 0.25) is 0 Å². The molecule has 1 fully saturated rings. The number of anilines is 1. The minimum Gasteiger partial charge on any atom is -0.494 e. The van der Waals surface area contributed by atoms with Crippen LogP contribution in [-0.2, 0) is 4.79 Å². The van der Waals surface area contributed by atoms with Crippen molar-refractivity contribution in [3.05, 3.63) is 80.5 Å². The molecule has 1 N–H and O–H groups in total. The van der Waals surface area contributed by atoms with E-state index >= 15 is 0 Å². The van der Waals surface area contributed by atoms with Gasteiger partial charge in [-0.05, 0) is 74.9 Å². The molecule has 3 aromatic rings. The summed E-state index contributed by atoms with van der Waals surface area (Å²) in [5.74, 6) is 0.0974. The van der Waals surface area contributed by atoms with Crippen LogP contribution < -0.4 is 19.8 Å². The number of carboxylic acid groups (broad SMARTS) is 1. The van der Waals surface area contributed by atoms with Crippen LogP contribution in [0.25, 0.3) is 23.1 Å². The highest BCUT2D eigenvalue weighted by Gasteiger charge is 2.15. The number of aliphatic carboxylic acids is 1. The fraction of sp³-hybridized carbons (Fsp3) is 0.438. The lowest BCUT2D eigenvalue weighted by molar-refractivity contribution is -0.402. The maximum atomic E-state index is 10.6. The lowest BCUT2D eigenvalue weighted by Crippen LogP contribution is -2.34. The first-order valence-corrected chi connectivity index (χ1v) is 14.7. The number of hydrogen-bond donors (Lipinski definition) is 1. The third kappa shape index (κ3) is 10.2. The van der Waals surface area contributed by atoms with E-state index in [0.717, 1.165) is 72.4 Å². The predicted molar refractivity (Wildman–Crippen MR) is 166 cm³/mol. The molecule has 0 bridgehead atoms. The molecular formula is C32H41N3O7. The molecule has 1 aromatic heterocycles. The maximum absolute atomic E-state index is 10.6. The number of carbonyl (C=O) groups is 1. The van der Waals surface area contributed by atoms with E-state index in [1.54, 1.807) is 0 Å². The zero-order chi connectivity index (χ0) is 30.3. The molecule has 0 amide bonds. The Labute approximate surface area is 246 Å². The summed E-state index contributed by atoms with van der Waals surface area (Å²) in [6.45, 7) is 8.97. The second kappa shape index (κ2) is 16.8. The Kier molecular flexibility index (Phi) is 12.9. The minimum atomic E-state index is -1.75. The molecular weight excluding hydrogens is 538 g/mol. The highest BCUT2D eigenvalue weighted by atomic mass is 16.9. The van der Waals surface area contributed by atoms with E-state index in [1.165, 1.54) is 24.9 Å². The van der Waals surface area contributed by atoms with Gasteiger partial charge in [-0.25, -0.2) is 0 Å². The first-order chi connectivity index (χ1) is 20.3. The Balaban J connectivity index is 0.00000114. The van der Waals surface area contributed by atoms with Crippen LogP contribution in [0, 0.1) is 15.3 Å². The van der Waals surface area contributed by atoms with Crippen molar-refractivity contribution in [1.29, 1.82) is 0 Å². The zero-order valence-corrected chi connectivity index (χ0v) is 24.5. The van der Waals surface area contributed by atoms with Crippen molar-refractivity contribution >= 4 is 34.8 Å². The smallest absolute Gasteiger partial charge is 0.368 e. The van der Waals surface area contributed by atoms with Crippen LogP contribution in [0.5, 0.6) is 5.75 Å². The number of ether oxygens (including phenoxy) is 1. The molecule has 42 heavy (non-hydrogen) atoms. The van der Waals surface area contributed by atoms with Gasteiger partial charge < -0.3 is 34.5 Å². The van der Waals surface area contributed by atoms with Crippen LogP contribution in [0.15, 0.2) is 52.9 Å². The molecule has 0 radical (unpaired) electrons. The highest BCUT2D eigenvalue weighted by Crippen LogP contribution is 2.25. The van der Waals surface area contributed by atoms with Crippen LogP contribution in [0.3, 0.4) is 0 Å². The molecule has 0 unspecified atom stereocenters. The average molecular weight is 580 g/mol. The monoisotopic (exact) mass is 579 g/mol. The van der Waals surface area contributed by atoms with Crippen LogP contribution in [0.4, 0.5) is 5.69 Å². The first-order valence-electron chi connectivity index (χ1n) is 14.7. The summed E-state index contributed by atoms with van der Waals surface area (Å²) >= 11 is 0. The van der Waals surface area contributed by atoms with Gasteiger partial charge in [-0.2, -0.15) is 4.58 Å². The van der Waals surface area contributed by atoms with E-state index in [-0.39, 0.29) is 6.42 Å². The number of fused-ring (bicyclic) bond motifs is 1. The molecule has 1 aliphatic rings. The summed E-state index contributed by atoms with van der Waals surface area (Å²) in [5.41, 5.74) is 5.31. The van der Waals surface area contributed by atoms with Gasteiger partial charge in [0.05, 0.1) is 17.8 Å². The average Bonchev–Trinajstić information content (AvgIpc) is 2.98. The van der Waals surface area contributed by atoms with Crippen LogP contribution >= 0.6 is 0 Å². The van der Waals surface area contributed by atoms with E-state index in [2.05, 4.69) is 71.9 Å². The number of benzene rings is 2. The second-order valence-electron chi connectivity index (χ2n) is 10.1. The number of hydrogen-bond acceptors (Lipinski definition) is 7. The molecule has 226 valence electrons. The van der Waals surface area contributed by atoms with Crippen molar-refractivity contribution in [3.8, 4) is 5.75 Å². The zero-order valence-electron chi connectivity index (χ0n) is 24.5. The van der Waals surface area contributed by atoms with Gasteiger partial charge in [0.1, 0.15) is 24.4 Å². The van der Waals surface area contributed by atoms with Gasteiger partial charge in [0, 0.05) is 49.5 Å². The van der Waals surface area contributed by atoms with Crippen molar-refractivity contribution in [3.63, 3.8) is 0 Å². The number of unbranched alkanes of at least 4 members (excludes halogenated alkanes) is 2. The Bertz CT molecular complexity index is 1400. The Morgan fingerprint density at radius 2 is 1.69 bits per heavy atom. The SMILES string of the molecule is CCN(CC)c1ccc2c(/C=C/c3ccc(OCCCCCC(=O)O)cc3)cc(=[N+]3CCCCC3)oc2c1.O=[N+]([O-])[O-]. The van der Waals surface area contributed by atoms with E-state index in [4.69, 9.17) is 29.6 Å². The first kappa shape index (κ1) is 32.2. The molecule has 1 saturated heterocycles. The largest absolute Gasteiger partial charge is 0.494 e. The van der Waals surface area contributed by atoms with Gasteiger partial charge >= 0.3 is 11.5 Å². The molecule has 0 aliphatic carbocycles. The van der Waals surface area contributed by atoms with Crippen molar-refractivity contribution in [2.45, 2.75) is 58.8 Å². The van der Waals surface area contributed by atoms with Crippen molar-refractivity contribution < 1.29 is 24.1 Å². The minimum absolute atomic E-state index is 0.225. The number of carboxylic acids is 1. The fourth-order valence-corrected chi connectivity index (χ4v) is 4.99. The summed E-state index contributed by atoms with van der Waals surface area (Å²) in [5, 5.41) is 24.6. The van der Waals surface area contributed by atoms with Gasteiger partial charge in [-0.15, -0.1) is 0 Å². The molecule has 10 nitrogen and oxygen atoms in total. The molecule has 0 spiro atoms. The lowest BCUT2D eigenvalue weighted by Gasteiger charge is -2.21. The predicted octanol–water partition coefficient (Wildman–Crippen LogP) is 6.19. The third-order valence-electron chi connectivity index (χ3n) is 7.21. The Morgan fingerprint density at radius 3 is 2.33 bits per heavy atom. The van der Waals surface area contributed by atoms with Crippen molar-refractivity contribution in [2.75, 3.05) is 37.7 Å². The molecule has 2 heterocycles. The number of nitrogens with zero attached hydrogens (tertiary/aromatic N) is 3. The fourth-order valence-electron chi connectivity index (χ4n) is 4.99. The van der Waals surface area contributed by atoms with Gasteiger partial charge in [-0.3, -0.25) is 4.79 Å². The Hall–Kier alpha value is -4.34. The van der Waals surface area contributed by atoms with Gasteiger partial charge in [-0.1, -0.05) is 24.3 Å². The van der Waals surface area contributed by atoms with Gasteiger partial charge in [0.2, 0.25) is 0 Å². The van der Waals surface area contributed by atoms with Gasteiger partial charge in [0.15, 0.2) is 0 Å². The highest BCUT2D eigenvalue weighted by molar-refractivity contribution is 5.91. The second-order valence-corrected chi connectivity index (χ2v) is 10.1. The van der Waals surface area contributed by atoms with E-state index in [1.807, 2.05) is 12.1 Å². The molecule has 1 aliphatic heterocycles. The summed E-state index contributed by atoms with van der Waals surface area (Å²) in [6.07, 6.45) is 10.7. The van der Waals surface area contributed by atoms with E-state index in [0.29, 0.717) is 13.0 Å². The van der Waals surface area contributed by atoms with Crippen LogP contribution in [-0.4, -0.2) is 48.9 Å². The summed E-state index contributed by atoms with van der Waals surface area (Å²) in [7, 11) is 0. The maximum Gasteiger partial charge on any atom is 0.368 e. The molecule has 10 heteroatoms. The molecule has 0 atom stereocenters. The summed E-state index contributed by atoms with van der Waals surface area (Å²) < 4.78 is 14.7. The molecule has 2 aromatic carbocycles. The summed E-state index contributed by atoms with van der Waals surface area (Å²) in [6, 6.07) is 16.8. The van der Waals surface area contributed by atoms with E-state index < -0.39 is 11.1 Å². The van der Waals surface area contributed by atoms with Crippen LogP contribution in [0.1, 0.15) is 69.9 Å². The Morgan fingerprint density at radius 1 is 1.00 bits per heavy atom. The normalized spacial score (nSPS) is 13.0. The molecule has 4 rings (SSSR count). The van der Waals surface area contributed by atoms with Crippen molar-refractivity contribution in [2.24, 2.45) is 0 Å². The lowest BCUT2D eigenvalue weighted by atomic mass is 10.1. The molecule has 0 saturated carbocycles. The van der Waals surface area contributed by atoms with Gasteiger partial charge in [0.25, 0.3) is 0 Å². The quantitative estimate of drug-likeness (QED) is 0.116. The van der Waals surface area contributed by atoms with Crippen molar-refractivity contribution in [1.82, 2.24) is 4.58 Å².